The second-order valence-corrected chi connectivity index (χ2v) is 13.4. The van der Waals surface area contributed by atoms with Crippen LogP contribution in [0.3, 0.4) is 0 Å². The van der Waals surface area contributed by atoms with E-state index in [2.05, 4.69) is 45.9 Å². The van der Waals surface area contributed by atoms with E-state index in [0.29, 0.717) is 36.3 Å². The van der Waals surface area contributed by atoms with Crippen LogP contribution in [-0.2, 0) is 14.5 Å². The van der Waals surface area contributed by atoms with Gasteiger partial charge in [0.05, 0.1) is 12.6 Å². The van der Waals surface area contributed by atoms with Crippen LogP contribution in [0.2, 0.25) is 0 Å². The summed E-state index contributed by atoms with van der Waals surface area (Å²) in [5.74, 6) is 3.41. The quantitative estimate of drug-likeness (QED) is 0.417. The summed E-state index contributed by atoms with van der Waals surface area (Å²) in [6.07, 6.45) is 6.03. The van der Waals surface area contributed by atoms with E-state index in [4.69, 9.17) is 14.5 Å². The standard InChI is InChI=1S/C27H37FN8O2S/c1-16(2)20-11-32-26(36-13-18(17(36)3)15-39(5,29)37)21-12-31-25(10-19(20)21)33-24-6-8-30-27(34-24)35-9-7-23(38-4)22(28)14-35/h6,8,10-12,16-18,22-23,29H,7,9,13-15H2,1-5H3,(H,30,31,33,34)/t17-,18-,22-,23+,39+/m1/s1. The van der Waals surface area contributed by atoms with Gasteiger partial charge in [0, 0.05) is 77.9 Å². The molecule has 0 amide bonds. The number of methoxy groups -OCH3 is 1. The molecular formula is C27H37FN8O2S. The minimum absolute atomic E-state index is 0.145. The van der Waals surface area contributed by atoms with Gasteiger partial charge >= 0.3 is 0 Å². The van der Waals surface area contributed by atoms with Crippen LogP contribution in [0.15, 0.2) is 30.7 Å². The van der Waals surface area contributed by atoms with Crippen LogP contribution >= 0.6 is 0 Å². The summed E-state index contributed by atoms with van der Waals surface area (Å²) in [4.78, 5) is 22.5. The monoisotopic (exact) mass is 556 g/mol. The fraction of sp³-hybridized carbons (Fsp3) is 0.556. The summed E-state index contributed by atoms with van der Waals surface area (Å²) in [6, 6.07) is 3.93. The second-order valence-electron chi connectivity index (χ2n) is 11.0. The highest BCUT2D eigenvalue weighted by molar-refractivity contribution is 7.91. The molecule has 10 nitrogen and oxygen atoms in total. The van der Waals surface area contributed by atoms with Crippen LogP contribution < -0.4 is 15.1 Å². The molecule has 2 aliphatic rings. The zero-order chi connectivity index (χ0) is 27.9. The number of anilines is 4. The maximum absolute atomic E-state index is 14.4. The number of fused-ring (bicyclic) bond motifs is 1. The molecule has 12 heteroatoms. The number of ether oxygens (including phenoxy) is 1. The Bertz CT molecular complexity index is 1450. The third kappa shape index (κ3) is 5.76. The molecule has 3 aromatic heterocycles. The first-order valence-corrected chi connectivity index (χ1v) is 15.5. The highest BCUT2D eigenvalue weighted by Gasteiger charge is 2.38. The Morgan fingerprint density at radius 1 is 1.21 bits per heavy atom. The third-order valence-corrected chi connectivity index (χ3v) is 8.84. The lowest BCUT2D eigenvalue weighted by Crippen LogP contribution is -2.57. The Morgan fingerprint density at radius 3 is 2.67 bits per heavy atom. The molecule has 0 radical (unpaired) electrons. The molecule has 0 spiro atoms. The molecule has 5 rings (SSSR count). The van der Waals surface area contributed by atoms with E-state index >= 15 is 0 Å². The second kappa shape index (κ2) is 10.8. The van der Waals surface area contributed by atoms with E-state index in [9.17, 15) is 8.60 Å². The zero-order valence-corrected chi connectivity index (χ0v) is 23.9. The van der Waals surface area contributed by atoms with Crippen LogP contribution in [0.5, 0.6) is 0 Å². The van der Waals surface area contributed by atoms with E-state index < -0.39 is 22.0 Å². The maximum Gasteiger partial charge on any atom is 0.227 e. The van der Waals surface area contributed by atoms with Crippen molar-refractivity contribution in [2.24, 2.45) is 5.92 Å². The first kappa shape index (κ1) is 27.4. The molecular weight excluding hydrogens is 519 g/mol. The first-order chi connectivity index (χ1) is 18.5. The fourth-order valence-electron chi connectivity index (χ4n) is 5.50. The number of nitrogens with zero attached hydrogens (tertiary/aromatic N) is 6. The van der Waals surface area contributed by atoms with Crippen molar-refractivity contribution in [3.63, 3.8) is 0 Å². The van der Waals surface area contributed by atoms with Gasteiger partial charge in [0.2, 0.25) is 5.95 Å². The number of piperidine rings is 1. The van der Waals surface area contributed by atoms with Gasteiger partial charge in [-0.2, -0.15) is 4.98 Å². The predicted octanol–water partition coefficient (Wildman–Crippen LogP) is 4.35. The van der Waals surface area contributed by atoms with Crippen molar-refractivity contribution in [2.45, 2.75) is 51.4 Å². The van der Waals surface area contributed by atoms with Gasteiger partial charge in [0.15, 0.2) is 0 Å². The van der Waals surface area contributed by atoms with Crippen molar-refractivity contribution < 1.29 is 13.3 Å². The average Bonchev–Trinajstić information content (AvgIpc) is 2.89. The van der Waals surface area contributed by atoms with E-state index in [1.54, 1.807) is 19.4 Å². The Balaban J connectivity index is 1.40. The molecule has 2 N–H and O–H groups in total. The Morgan fingerprint density at radius 2 is 2.00 bits per heavy atom. The Hall–Kier alpha value is -3.12. The largest absolute Gasteiger partial charge is 0.378 e. The van der Waals surface area contributed by atoms with Gasteiger partial charge < -0.3 is 19.9 Å². The maximum atomic E-state index is 14.4. The van der Waals surface area contributed by atoms with Gasteiger partial charge in [-0.3, -0.25) is 8.99 Å². The molecule has 0 unspecified atom stereocenters. The van der Waals surface area contributed by atoms with Gasteiger partial charge in [-0.1, -0.05) is 13.8 Å². The lowest BCUT2D eigenvalue weighted by Gasteiger charge is -2.47. The lowest BCUT2D eigenvalue weighted by atomic mass is 9.90. The number of halogens is 1. The molecule has 2 saturated heterocycles. The van der Waals surface area contributed by atoms with Crippen LogP contribution in [-0.4, -0.2) is 81.2 Å². The van der Waals surface area contributed by atoms with E-state index in [1.807, 2.05) is 23.4 Å². The van der Waals surface area contributed by atoms with E-state index in [0.717, 1.165) is 28.7 Å². The molecule has 0 aromatic carbocycles. The predicted molar refractivity (Wildman–Crippen MR) is 153 cm³/mol. The van der Waals surface area contributed by atoms with Crippen molar-refractivity contribution in [3.8, 4) is 0 Å². The highest BCUT2D eigenvalue weighted by atomic mass is 32.2. The third-order valence-electron chi connectivity index (χ3n) is 7.78. The minimum Gasteiger partial charge on any atom is -0.378 e. The number of pyridine rings is 2. The van der Waals surface area contributed by atoms with E-state index in [-0.39, 0.29) is 24.4 Å². The number of hydrogen-bond acceptors (Lipinski definition) is 10. The topological polar surface area (TPSA) is 120 Å². The van der Waals surface area contributed by atoms with Crippen molar-refractivity contribution in [2.75, 3.05) is 53.9 Å². The first-order valence-electron chi connectivity index (χ1n) is 13.3. The van der Waals surface area contributed by atoms with Crippen LogP contribution in [0, 0.1) is 10.7 Å². The molecule has 210 valence electrons. The number of nitrogens with one attached hydrogen (secondary N) is 2. The van der Waals surface area contributed by atoms with Crippen molar-refractivity contribution >= 4 is 43.9 Å². The normalized spacial score (nSPS) is 25.0. The number of aromatic nitrogens is 4. The van der Waals surface area contributed by atoms with Gasteiger partial charge in [-0.25, -0.2) is 19.3 Å². The van der Waals surface area contributed by atoms with Crippen LogP contribution in [0.25, 0.3) is 10.8 Å². The zero-order valence-electron chi connectivity index (χ0n) is 23.1. The summed E-state index contributed by atoms with van der Waals surface area (Å²) >= 11 is 0. The lowest BCUT2D eigenvalue weighted by molar-refractivity contribution is 0.0194. The summed E-state index contributed by atoms with van der Waals surface area (Å²) in [6.45, 7) is 7.91. The molecule has 5 atom stereocenters. The van der Waals surface area contributed by atoms with Gasteiger partial charge in [0.1, 0.15) is 23.6 Å². The minimum atomic E-state index is -2.54. The van der Waals surface area contributed by atoms with Crippen molar-refractivity contribution in [3.05, 3.63) is 36.3 Å². The molecule has 0 bridgehead atoms. The summed E-state index contributed by atoms with van der Waals surface area (Å²) in [5.41, 5.74) is 1.12. The van der Waals surface area contributed by atoms with Crippen LogP contribution in [0.4, 0.5) is 27.8 Å². The molecule has 39 heavy (non-hydrogen) atoms. The summed E-state index contributed by atoms with van der Waals surface area (Å²) in [7, 11) is -1.00. The Labute approximate surface area is 229 Å². The smallest absolute Gasteiger partial charge is 0.227 e. The number of hydrogen-bond donors (Lipinski definition) is 2. The number of alkyl halides is 1. The van der Waals surface area contributed by atoms with E-state index in [1.165, 1.54) is 6.26 Å². The molecule has 0 aliphatic carbocycles. The SMILES string of the molecule is CO[C@H]1CCN(c2nccc(Nc3cc4c(C(C)C)cnc(N5C[C@H](C[S@@](C)(=N)=O)[C@H]5C)c4cn3)n2)C[C@H]1F. The summed E-state index contributed by atoms with van der Waals surface area (Å²) in [5, 5.41) is 5.31. The van der Waals surface area contributed by atoms with Gasteiger partial charge in [-0.05, 0) is 42.3 Å². The molecule has 2 aliphatic heterocycles. The number of rotatable bonds is 8. The Kier molecular flexibility index (Phi) is 7.60. The molecule has 3 aromatic rings. The fourth-order valence-corrected chi connectivity index (χ4v) is 6.70. The summed E-state index contributed by atoms with van der Waals surface area (Å²) < 4.78 is 39.5. The average molecular weight is 557 g/mol. The van der Waals surface area contributed by atoms with Crippen molar-refractivity contribution in [1.82, 2.24) is 19.9 Å². The molecule has 0 saturated carbocycles. The molecule has 5 heterocycles. The highest BCUT2D eigenvalue weighted by Crippen LogP contribution is 2.38. The molecule has 2 fully saturated rings. The van der Waals surface area contributed by atoms with Gasteiger partial charge in [-0.15, -0.1) is 0 Å². The van der Waals surface area contributed by atoms with Crippen molar-refractivity contribution in [1.29, 1.82) is 4.78 Å². The van der Waals surface area contributed by atoms with Gasteiger partial charge in [0.25, 0.3) is 0 Å². The van der Waals surface area contributed by atoms with Crippen LogP contribution in [0.1, 0.15) is 38.7 Å².